The van der Waals surface area contributed by atoms with Gasteiger partial charge in [-0.05, 0) is 42.0 Å². The lowest BCUT2D eigenvalue weighted by molar-refractivity contribution is 0.0588. The maximum absolute atomic E-state index is 12.9. The molecule has 0 saturated carbocycles. The molecule has 2 fully saturated rings. The number of tetrazole rings is 1. The van der Waals surface area contributed by atoms with E-state index in [1.807, 2.05) is 17.0 Å². The highest BCUT2D eigenvalue weighted by Gasteiger charge is 2.34. The molecule has 1 aromatic heterocycles. The van der Waals surface area contributed by atoms with Crippen LogP contribution in [-0.4, -0.2) is 88.1 Å². The molecule has 0 aliphatic carbocycles. The van der Waals surface area contributed by atoms with Gasteiger partial charge in [-0.2, -0.15) is 4.68 Å². The molecule has 2 aliphatic rings. The van der Waals surface area contributed by atoms with Gasteiger partial charge in [-0.1, -0.05) is 6.07 Å². The van der Waals surface area contributed by atoms with Crippen LogP contribution in [-0.2, 0) is 9.84 Å². The van der Waals surface area contributed by atoms with Crippen LogP contribution in [0.25, 0.3) is 5.69 Å². The zero-order valence-corrected chi connectivity index (χ0v) is 16.0. The molecule has 2 aliphatic heterocycles. The van der Waals surface area contributed by atoms with Crippen molar-refractivity contribution in [2.75, 3.05) is 37.7 Å². The predicted molar refractivity (Wildman–Crippen MR) is 98.4 cm³/mol. The average Bonchev–Trinajstić information content (AvgIpc) is 3.26. The number of rotatable bonds is 3. The average molecular weight is 390 g/mol. The van der Waals surface area contributed by atoms with E-state index in [-0.39, 0.29) is 23.5 Å². The topological polar surface area (TPSA) is 101 Å². The van der Waals surface area contributed by atoms with Crippen molar-refractivity contribution in [2.24, 2.45) is 0 Å². The third-order valence-electron chi connectivity index (χ3n) is 5.29. The number of hydrogen-bond acceptors (Lipinski definition) is 7. The van der Waals surface area contributed by atoms with Gasteiger partial charge in [0.2, 0.25) is 0 Å². The van der Waals surface area contributed by atoms with Crippen molar-refractivity contribution < 1.29 is 13.2 Å². The van der Waals surface area contributed by atoms with Crippen LogP contribution in [0.2, 0.25) is 0 Å². The van der Waals surface area contributed by atoms with Crippen LogP contribution in [0.4, 0.5) is 0 Å². The van der Waals surface area contributed by atoms with Gasteiger partial charge in [-0.15, -0.1) is 5.10 Å². The number of nitrogens with zero attached hydrogens (tertiary/aromatic N) is 6. The SMILES string of the molecule is Cc1nnnn1-c1cccc(C(=O)N2CCN(C3CCS(=O)(=O)C3)CC2)c1. The smallest absolute Gasteiger partial charge is 0.254 e. The molecular formula is C17H22N6O3S. The zero-order chi connectivity index (χ0) is 19.0. The second kappa shape index (κ2) is 7.01. The maximum atomic E-state index is 12.9. The molecule has 1 amide bonds. The quantitative estimate of drug-likeness (QED) is 0.722. The summed E-state index contributed by atoms with van der Waals surface area (Å²) in [5.41, 5.74) is 1.34. The largest absolute Gasteiger partial charge is 0.336 e. The first-order chi connectivity index (χ1) is 12.9. The first kappa shape index (κ1) is 18.1. The van der Waals surface area contributed by atoms with Gasteiger partial charge in [0.1, 0.15) is 0 Å². The summed E-state index contributed by atoms with van der Waals surface area (Å²) in [5, 5.41) is 11.4. The minimum absolute atomic E-state index is 0.0266. The molecule has 2 aromatic rings. The van der Waals surface area contributed by atoms with Crippen molar-refractivity contribution in [2.45, 2.75) is 19.4 Å². The van der Waals surface area contributed by atoms with Crippen LogP contribution in [0.5, 0.6) is 0 Å². The van der Waals surface area contributed by atoms with E-state index in [2.05, 4.69) is 20.4 Å². The Hall–Kier alpha value is -2.33. The van der Waals surface area contributed by atoms with Gasteiger partial charge in [-0.25, -0.2) is 8.42 Å². The summed E-state index contributed by atoms with van der Waals surface area (Å²) in [6.45, 7) is 4.42. The summed E-state index contributed by atoms with van der Waals surface area (Å²) < 4.78 is 25.0. The third kappa shape index (κ3) is 3.72. The van der Waals surface area contributed by atoms with Gasteiger partial charge in [0, 0.05) is 37.8 Å². The maximum Gasteiger partial charge on any atom is 0.254 e. The zero-order valence-electron chi connectivity index (χ0n) is 15.2. The summed E-state index contributed by atoms with van der Waals surface area (Å²) in [4.78, 5) is 16.9. The van der Waals surface area contributed by atoms with Gasteiger partial charge in [0.25, 0.3) is 5.91 Å². The number of hydrogen-bond donors (Lipinski definition) is 0. The number of sulfone groups is 1. The molecule has 3 heterocycles. The second-order valence-electron chi connectivity index (χ2n) is 7.07. The highest BCUT2D eigenvalue weighted by atomic mass is 32.2. The van der Waals surface area contributed by atoms with Crippen LogP contribution in [0.1, 0.15) is 22.6 Å². The van der Waals surface area contributed by atoms with Crippen LogP contribution in [0, 0.1) is 6.92 Å². The van der Waals surface area contributed by atoms with Gasteiger partial charge >= 0.3 is 0 Å². The fraction of sp³-hybridized carbons (Fsp3) is 0.529. The molecule has 10 heteroatoms. The van der Waals surface area contributed by atoms with E-state index >= 15 is 0 Å². The minimum atomic E-state index is -2.89. The molecule has 2 saturated heterocycles. The van der Waals surface area contributed by atoms with E-state index in [1.165, 1.54) is 0 Å². The highest BCUT2D eigenvalue weighted by molar-refractivity contribution is 7.91. The lowest BCUT2D eigenvalue weighted by Gasteiger charge is -2.37. The van der Waals surface area contributed by atoms with Crippen molar-refractivity contribution in [3.8, 4) is 5.69 Å². The molecule has 1 aromatic carbocycles. The van der Waals surface area contributed by atoms with Crippen molar-refractivity contribution in [3.05, 3.63) is 35.7 Å². The Morgan fingerprint density at radius 3 is 2.59 bits per heavy atom. The molecule has 1 unspecified atom stereocenters. The molecule has 0 N–H and O–H groups in total. The Morgan fingerprint density at radius 2 is 1.96 bits per heavy atom. The fourth-order valence-electron chi connectivity index (χ4n) is 3.78. The van der Waals surface area contributed by atoms with Crippen molar-refractivity contribution in [3.63, 3.8) is 0 Å². The van der Waals surface area contributed by atoms with Crippen LogP contribution < -0.4 is 0 Å². The number of aryl methyl sites for hydroxylation is 1. The van der Waals surface area contributed by atoms with Gasteiger partial charge < -0.3 is 4.90 Å². The Balaban J connectivity index is 1.42. The predicted octanol–water partition coefficient (Wildman–Crippen LogP) is -0.0844. The molecule has 0 radical (unpaired) electrons. The Labute approximate surface area is 157 Å². The summed E-state index contributed by atoms with van der Waals surface area (Å²) in [5.74, 6) is 1.15. The molecule has 4 rings (SSSR count). The monoisotopic (exact) mass is 390 g/mol. The van der Waals surface area contributed by atoms with E-state index in [0.29, 0.717) is 44.0 Å². The first-order valence-corrected chi connectivity index (χ1v) is 10.8. The highest BCUT2D eigenvalue weighted by Crippen LogP contribution is 2.20. The van der Waals surface area contributed by atoms with E-state index in [0.717, 1.165) is 5.69 Å². The van der Waals surface area contributed by atoms with E-state index < -0.39 is 9.84 Å². The van der Waals surface area contributed by atoms with E-state index in [9.17, 15) is 13.2 Å². The molecular weight excluding hydrogens is 368 g/mol. The summed E-state index contributed by atoms with van der Waals surface area (Å²) in [6, 6.07) is 7.36. The number of benzene rings is 1. The Bertz CT molecular complexity index is 949. The Kier molecular flexibility index (Phi) is 4.68. The third-order valence-corrected chi connectivity index (χ3v) is 7.04. The first-order valence-electron chi connectivity index (χ1n) is 9.02. The number of piperazine rings is 1. The summed E-state index contributed by atoms with van der Waals surface area (Å²) in [7, 11) is -2.89. The van der Waals surface area contributed by atoms with E-state index in [1.54, 1.807) is 23.7 Å². The minimum Gasteiger partial charge on any atom is -0.336 e. The standard InChI is InChI=1S/C17H22N6O3S/c1-13-18-19-20-23(13)15-4-2-3-14(11-15)17(24)22-8-6-21(7-9-22)16-5-10-27(25,26)12-16/h2-4,11,16H,5-10,12H2,1H3. The number of amides is 1. The lowest BCUT2D eigenvalue weighted by atomic mass is 10.1. The lowest BCUT2D eigenvalue weighted by Crippen LogP contribution is -2.52. The van der Waals surface area contributed by atoms with Gasteiger partial charge in [-0.3, -0.25) is 9.69 Å². The summed E-state index contributed by atoms with van der Waals surface area (Å²) >= 11 is 0. The second-order valence-corrected chi connectivity index (χ2v) is 9.30. The van der Waals surface area contributed by atoms with Gasteiger partial charge in [0.15, 0.2) is 15.7 Å². The normalized spacial score (nSPS) is 22.9. The number of carbonyl (C=O) groups is 1. The fourth-order valence-corrected chi connectivity index (χ4v) is 5.54. The van der Waals surface area contributed by atoms with Crippen LogP contribution in [0.3, 0.4) is 0 Å². The summed E-state index contributed by atoms with van der Waals surface area (Å²) in [6.07, 6.45) is 0.698. The molecule has 27 heavy (non-hydrogen) atoms. The number of carbonyl (C=O) groups excluding carboxylic acids is 1. The number of aromatic nitrogens is 4. The van der Waals surface area contributed by atoms with E-state index in [4.69, 9.17) is 0 Å². The van der Waals surface area contributed by atoms with Crippen LogP contribution in [0.15, 0.2) is 24.3 Å². The molecule has 144 valence electrons. The van der Waals surface area contributed by atoms with Crippen molar-refractivity contribution >= 4 is 15.7 Å². The Morgan fingerprint density at radius 1 is 1.19 bits per heavy atom. The van der Waals surface area contributed by atoms with Crippen molar-refractivity contribution in [1.29, 1.82) is 0 Å². The van der Waals surface area contributed by atoms with Crippen molar-refractivity contribution in [1.82, 2.24) is 30.0 Å². The molecule has 0 spiro atoms. The molecule has 1 atom stereocenters. The molecule has 9 nitrogen and oxygen atoms in total. The van der Waals surface area contributed by atoms with Crippen LogP contribution >= 0.6 is 0 Å². The van der Waals surface area contributed by atoms with Gasteiger partial charge in [0.05, 0.1) is 17.2 Å². The molecule has 0 bridgehead atoms.